The van der Waals surface area contributed by atoms with Crippen molar-refractivity contribution in [3.05, 3.63) is 0 Å². The average molecular weight is 384 g/mol. The Balaban J connectivity index is 2.10. The second-order valence-corrected chi connectivity index (χ2v) is 9.66. The highest BCUT2D eigenvalue weighted by Gasteiger charge is 2.76. The molecule has 3 saturated heterocycles. The van der Waals surface area contributed by atoms with Gasteiger partial charge in [0.15, 0.2) is 0 Å². The predicted molar refractivity (Wildman–Crippen MR) is 99.4 cm³/mol. The minimum Gasteiger partial charge on any atom is -0.394 e. The number of hydrogen-bond acceptors (Lipinski definition) is 5. The molecule has 0 aromatic carbocycles. The number of amides is 3. The number of thioether (sulfide) groups is 1. The first kappa shape index (κ1) is 19.5. The third-order valence-corrected chi connectivity index (χ3v) is 8.23. The third-order valence-electron chi connectivity index (χ3n) is 6.15. The lowest BCUT2D eigenvalue weighted by molar-refractivity contribution is -0.142. The van der Waals surface area contributed by atoms with Crippen LogP contribution in [0.3, 0.4) is 0 Å². The van der Waals surface area contributed by atoms with Crippen LogP contribution in [-0.2, 0) is 14.4 Å². The molecule has 8 heteroatoms. The zero-order valence-electron chi connectivity index (χ0n) is 16.0. The Labute approximate surface area is 158 Å². The molecule has 26 heavy (non-hydrogen) atoms. The molecule has 0 saturated carbocycles. The Kier molecular flexibility index (Phi) is 5.03. The zero-order chi connectivity index (χ0) is 19.4. The maximum absolute atomic E-state index is 13.4. The van der Waals surface area contributed by atoms with Crippen LogP contribution in [-0.4, -0.2) is 69.5 Å². The summed E-state index contributed by atoms with van der Waals surface area (Å²) in [6.45, 7) is 7.39. The van der Waals surface area contributed by atoms with E-state index in [1.807, 2.05) is 13.8 Å². The fraction of sp³-hybridized carbons (Fsp3) is 0.833. The van der Waals surface area contributed by atoms with E-state index in [0.717, 1.165) is 6.42 Å². The number of rotatable bonds is 5. The molecule has 3 N–H and O–H groups in total. The van der Waals surface area contributed by atoms with Crippen molar-refractivity contribution in [3.63, 3.8) is 0 Å². The van der Waals surface area contributed by atoms with Crippen LogP contribution in [0.2, 0.25) is 0 Å². The summed E-state index contributed by atoms with van der Waals surface area (Å²) in [7, 11) is 1.59. The van der Waals surface area contributed by atoms with Crippen molar-refractivity contribution in [1.82, 2.24) is 15.5 Å². The van der Waals surface area contributed by atoms with Gasteiger partial charge < -0.3 is 20.6 Å². The lowest BCUT2D eigenvalue weighted by atomic mass is 9.66. The highest BCUT2D eigenvalue weighted by atomic mass is 32.2. The van der Waals surface area contributed by atoms with E-state index in [2.05, 4.69) is 17.6 Å². The van der Waals surface area contributed by atoms with Crippen LogP contribution in [0.15, 0.2) is 0 Å². The van der Waals surface area contributed by atoms with Gasteiger partial charge in [0.1, 0.15) is 6.04 Å². The Morgan fingerprint density at radius 2 is 2.00 bits per heavy atom. The van der Waals surface area contributed by atoms with E-state index in [4.69, 9.17) is 0 Å². The maximum atomic E-state index is 13.4. The predicted octanol–water partition coefficient (Wildman–Crippen LogP) is -0.0250. The Hall–Kier alpha value is -1.28. The standard InChI is InChI=1S/C18H29N3O4S/c1-8(2)20-16(24)14-18-9(3)6-11(26-18)12(15(23)19-5)13(18)17(25)21(14)10(4)7-22/h8-14,22H,6-7H2,1-5H3,(H,19,23)(H,20,24)/t9?,10-,11+,12-,13+,14?,18?/m1/s1. The quantitative estimate of drug-likeness (QED) is 0.620. The van der Waals surface area contributed by atoms with Gasteiger partial charge in [-0.25, -0.2) is 0 Å². The van der Waals surface area contributed by atoms with Crippen molar-refractivity contribution >= 4 is 29.5 Å². The molecule has 3 fully saturated rings. The molecular weight excluding hydrogens is 354 g/mol. The molecule has 3 rings (SSSR count). The molecule has 1 spiro atoms. The third kappa shape index (κ3) is 2.48. The Morgan fingerprint density at radius 3 is 2.54 bits per heavy atom. The Bertz CT molecular complexity index is 628. The van der Waals surface area contributed by atoms with E-state index in [1.54, 1.807) is 30.6 Å². The van der Waals surface area contributed by atoms with Crippen LogP contribution in [0.1, 0.15) is 34.1 Å². The molecule has 0 aromatic heterocycles. The topological polar surface area (TPSA) is 98.7 Å². The molecule has 0 aliphatic carbocycles. The fourth-order valence-corrected chi connectivity index (χ4v) is 7.56. The lowest BCUT2D eigenvalue weighted by Crippen LogP contribution is -2.58. The van der Waals surface area contributed by atoms with Crippen LogP contribution in [0.25, 0.3) is 0 Å². The van der Waals surface area contributed by atoms with Crippen LogP contribution >= 0.6 is 11.8 Å². The van der Waals surface area contributed by atoms with Gasteiger partial charge in [0, 0.05) is 18.3 Å². The number of nitrogens with zero attached hydrogens (tertiary/aromatic N) is 1. The van der Waals surface area contributed by atoms with Crippen molar-refractivity contribution in [2.75, 3.05) is 13.7 Å². The summed E-state index contributed by atoms with van der Waals surface area (Å²) < 4.78 is -0.610. The molecule has 0 aromatic rings. The zero-order valence-corrected chi connectivity index (χ0v) is 16.8. The number of carbonyl (C=O) groups is 3. The second kappa shape index (κ2) is 6.71. The summed E-state index contributed by atoms with van der Waals surface area (Å²) >= 11 is 1.64. The number of carbonyl (C=O) groups excluding carboxylic acids is 3. The molecule has 3 unspecified atom stereocenters. The summed E-state index contributed by atoms with van der Waals surface area (Å²) in [6.07, 6.45) is 0.819. The first-order valence-corrected chi connectivity index (χ1v) is 10.2. The van der Waals surface area contributed by atoms with Gasteiger partial charge in [0.05, 0.1) is 29.2 Å². The van der Waals surface area contributed by atoms with Gasteiger partial charge in [0.2, 0.25) is 17.7 Å². The molecule has 3 aliphatic rings. The molecule has 3 amide bonds. The lowest BCUT2D eigenvalue weighted by Gasteiger charge is -2.39. The molecule has 0 radical (unpaired) electrons. The van der Waals surface area contributed by atoms with E-state index < -0.39 is 28.7 Å². The van der Waals surface area contributed by atoms with E-state index in [1.165, 1.54) is 0 Å². The SMILES string of the molecule is CNC(=O)[C@@H]1[C@@H]2CC(C)C3(S2)C(C(=O)NC(C)C)N([C@H](C)CO)C(=O)[C@H]13. The largest absolute Gasteiger partial charge is 0.394 e. The number of hydrogen-bond donors (Lipinski definition) is 3. The van der Waals surface area contributed by atoms with E-state index in [0.29, 0.717) is 0 Å². The van der Waals surface area contributed by atoms with Crippen molar-refractivity contribution in [2.24, 2.45) is 17.8 Å². The number of nitrogens with one attached hydrogen (secondary N) is 2. The number of likely N-dealkylation sites (tertiary alicyclic amines) is 1. The van der Waals surface area contributed by atoms with Crippen molar-refractivity contribution < 1.29 is 19.5 Å². The van der Waals surface area contributed by atoms with Gasteiger partial charge in [-0.3, -0.25) is 14.4 Å². The number of aliphatic hydroxyl groups is 1. The van der Waals surface area contributed by atoms with E-state index >= 15 is 0 Å². The van der Waals surface area contributed by atoms with Crippen molar-refractivity contribution in [1.29, 1.82) is 0 Å². The molecule has 3 heterocycles. The van der Waals surface area contributed by atoms with Crippen LogP contribution < -0.4 is 10.6 Å². The van der Waals surface area contributed by atoms with Gasteiger partial charge in [-0.1, -0.05) is 6.92 Å². The van der Waals surface area contributed by atoms with Gasteiger partial charge in [-0.05, 0) is 33.1 Å². The first-order chi connectivity index (χ1) is 12.2. The summed E-state index contributed by atoms with van der Waals surface area (Å²) in [6, 6.07) is -1.18. The summed E-state index contributed by atoms with van der Waals surface area (Å²) in [4.78, 5) is 40.6. The van der Waals surface area contributed by atoms with Gasteiger partial charge in [-0.15, -0.1) is 11.8 Å². The van der Waals surface area contributed by atoms with Gasteiger partial charge in [-0.2, -0.15) is 0 Å². The molecule has 3 aliphatic heterocycles. The molecule has 146 valence electrons. The second-order valence-electron chi connectivity index (χ2n) is 8.11. The summed E-state index contributed by atoms with van der Waals surface area (Å²) in [5.41, 5.74) is 0. The van der Waals surface area contributed by atoms with Gasteiger partial charge in [0.25, 0.3) is 0 Å². The van der Waals surface area contributed by atoms with Crippen LogP contribution in [0.4, 0.5) is 0 Å². The number of fused-ring (bicyclic) bond motifs is 1. The Morgan fingerprint density at radius 1 is 1.35 bits per heavy atom. The summed E-state index contributed by atoms with van der Waals surface area (Å²) in [5.74, 6) is -1.28. The highest BCUT2D eigenvalue weighted by Crippen LogP contribution is 2.68. The first-order valence-electron chi connectivity index (χ1n) is 9.33. The molecule has 2 bridgehead atoms. The van der Waals surface area contributed by atoms with Crippen LogP contribution in [0.5, 0.6) is 0 Å². The highest BCUT2D eigenvalue weighted by molar-refractivity contribution is 8.02. The smallest absolute Gasteiger partial charge is 0.244 e. The van der Waals surface area contributed by atoms with E-state index in [-0.39, 0.29) is 41.5 Å². The normalized spacial score (nSPS) is 39.3. The van der Waals surface area contributed by atoms with Gasteiger partial charge >= 0.3 is 0 Å². The fourth-order valence-electron chi connectivity index (χ4n) is 5.15. The average Bonchev–Trinajstić information content (AvgIpc) is 3.16. The minimum atomic E-state index is -0.663. The van der Waals surface area contributed by atoms with Crippen LogP contribution in [0, 0.1) is 17.8 Å². The summed E-state index contributed by atoms with van der Waals surface area (Å²) in [5, 5.41) is 15.4. The van der Waals surface area contributed by atoms with Crippen molar-refractivity contribution in [2.45, 2.75) is 62.2 Å². The molecule has 7 atom stereocenters. The monoisotopic (exact) mass is 383 g/mol. The number of aliphatic hydroxyl groups excluding tert-OH is 1. The maximum Gasteiger partial charge on any atom is 0.244 e. The molecule has 7 nitrogen and oxygen atoms in total. The van der Waals surface area contributed by atoms with E-state index in [9.17, 15) is 19.5 Å². The minimum absolute atomic E-state index is 0.0482. The molecular formula is C18H29N3O4S. The van der Waals surface area contributed by atoms with Crippen molar-refractivity contribution in [3.8, 4) is 0 Å².